The van der Waals surface area contributed by atoms with Gasteiger partial charge < -0.3 is 0 Å². The van der Waals surface area contributed by atoms with Gasteiger partial charge in [0.05, 0.1) is 0 Å². The molecule has 0 spiro atoms. The zero-order valence-electron chi connectivity index (χ0n) is 5.20. The molecule has 2 fully saturated rings. The van der Waals surface area contributed by atoms with Crippen LogP contribution in [0.3, 0.4) is 0 Å². The third-order valence-electron chi connectivity index (χ3n) is 1.75. The van der Waals surface area contributed by atoms with Crippen LogP contribution in [0.25, 0.3) is 0 Å². The third-order valence-corrected chi connectivity index (χ3v) is 7.19. The quantitative estimate of drug-likeness (QED) is 0.588. The molecule has 1 aliphatic heterocycles. The first-order valence-corrected chi connectivity index (χ1v) is 6.89. The van der Waals surface area contributed by atoms with Crippen molar-refractivity contribution in [3.63, 3.8) is 0 Å². The monoisotopic (exact) mass is 302 g/mol. The van der Waals surface area contributed by atoms with Gasteiger partial charge in [-0.15, -0.1) is 0 Å². The van der Waals surface area contributed by atoms with Crippen molar-refractivity contribution in [3.8, 4) is 0 Å². The Kier molecular flexibility index (Phi) is 2.49. The van der Waals surface area contributed by atoms with Gasteiger partial charge in [-0.1, -0.05) is 0 Å². The fourth-order valence-electron chi connectivity index (χ4n) is 1.26. The van der Waals surface area contributed by atoms with Crippen LogP contribution in [0, 0.1) is 0 Å². The second kappa shape index (κ2) is 3.08. The Morgan fingerprint density at radius 3 is 2.10 bits per heavy atom. The first kappa shape index (κ1) is 8.09. The molecule has 2 rings (SSSR count). The molecule has 0 nitrogen and oxygen atoms in total. The van der Waals surface area contributed by atoms with Gasteiger partial charge in [-0.2, -0.15) is 0 Å². The van der Waals surface area contributed by atoms with Gasteiger partial charge in [-0.3, -0.25) is 0 Å². The molecular weight excluding hydrogens is 294 g/mol. The molecule has 0 radical (unpaired) electrons. The fraction of sp³-hybridized carbons (Fsp3) is 0.667. The van der Waals surface area contributed by atoms with Gasteiger partial charge in [0.15, 0.2) is 0 Å². The van der Waals surface area contributed by atoms with E-state index in [2.05, 4.69) is 54.7 Å². The van der Waals surface area contributed by atoms with Crippen LogP contribution < -0.4 is 0 Å². The van der Waals surface area contributed by atoms with E-state index >= 15 is 0 Å². The maximum atomic E-state index is 3.18. The maximum absolute atomic E-state index is 3.18. The first-order valence-electron chi connectivity index (χ1n) is 3.07. The van der Waals surface area contributed by atoms with Gasteiger partial charge in [0.25, 0.3) is 0 Å². The van der Waals surface area contributed by atoms with E-state index in [4.69, 9.17) is 0 Å². The molecule has 2 aliphatic rings. The Labute approximate surface area is 85.0 Å². The topological polar surface area (TPSA) is 0 Å². The molecule has 1 saturated carbocycles. The van der Waals surface area contributed by atoms with Gasteiger partial charge in [0.2, 0.25) is 0 Å². The molecule has 2 atom stereocenters. The van der Waals surface area contributed by atoms with Gasteiger partial charge in [0.1, 0.15) is 0 Å². The average molecular weight is 300 g/mol. The van der Waals surface area contributed by atoms with Crippen molar-refractivity contribution in [2.45, 2.75) is 16.9 Å². The summed E-state index contributed by atoms with van der Waals surface area (Å²) < 4.78 is 3.10. The van der Waals surface area contributed by atoms with E-state index in [0.717, 1.165) is 10.5 Å². The van der Waals surface area contributed by atoms with E-state index < -0.39 is 0 Å². The van der Waals surface area contributed by atoms with E-state index in [9.17, 15) is 0 Å². The molecule has 1 heterocycles. The summed E-state index contributed by atoms with van der Waals surface area (Å²) in [6.07, 6.45) is 1.19. The Morgan fingerprint density at radius 1 is 1.10 bits per heavy atom. The summed E-state index contributed by atoms with van der Waals surface area (Å²) in [5.74, 6) is 0. The fourth-order valence-corrected chi connectivity index (χ4v) is 7.36. The summed E-state index contributed by atoms with van der Waals surface area (Å²) in [6, 6.07) is 0. The molecule has 1 saturated heterocycles. The minimum absolute atomic E-state index is 0.793. The molecule has 0 N–H and O–H groups in total. The average Bonchev–Trinajstić information content (AvgIpc) is 2.39. The normalized spacial score (nSPS) is 38.8. The van der Waals surface area contributed by atoms with Crippen molar-refractivity contribution < 1.29 is 0 Å². The molecule has 0 aromatic carbocycles. The Balaban J connectivity index is 2.27. The van der Waals surface area contributed by atoms with Gasteiger partial charge in [-0.05, 0) is 0 Å². The van der Waals surface area contributed by atoms with Crippen molar-refractivity contribution >= 4 is 63.5 Å². The number of rotatable bonds is 0. The van der Waals surface area contributed by atoms with Crippen LogP contribution in [0.15, 0.2) is 0 Å². The second-order valence-corrected chi connectivity index (χ2v) is 7.23. The Hall–Kier alpha value is 1.48. The zero-order valence-corrected chi connectivity index (χ0v) is 10.3. The predicted octanol–water partition coefficient (Wildman–Crippen LogP) is 0.247. The zero-order chi connectivity index (χ0) is 7.14. The molecule has 0 aromatic rings. The van der Waals surface area contributed by atoms with Gasteiger partial charge >= 0.3 is 85.5 Å². The number of hydrogen-bond donors (Lipinski definition) is 0. The van der Waals surface area contributed by atoms with Crippen molar-refractivity contribution in [1.82, 2.24) is 0 Å². The summed E-state index contributed by atoms with van der Waals surface area (Å²) in [6.45, 7) is 0. The molecule has 4 heteroatoms. The third kappa shape index (κ3) is 1.24. The summed E-state index contributed by atoms with van der Waals surface area (Å²) in [5, 5.41) is 2.86. The van der Waals surface area contributed by atoms with Crippen molar-refractivity contribution in [2.75, 3.05) is 5.08 Å². The van der Waals surface area contributed by atoms with Crippen molar-refractivity contribution in [3.05, 3.63) is 0 Å². The van der Waals surface area contributed by atoms with Crippen LogP contribution in [0.2, 0.25) is 0 Å². The second-order valence-electron chi connectivity index (χ2n) is 2.40. The standard InChI is InChI=1S/C6H6S2Se2/c9-3-1-4(10)6-5(3)7-2-8-6/h5-6H,1-2H2. The molecule has 0 aromatic heterocycles. The van der Waals surface area contributed by atoms with E-state index in [1.807, 2.05) is 0 Å². The Morgan fingerprint density at radius 2 is 1.60 bits per heavy atom. The molecule has 1 aliphatic carbocycles. The molecule has 2 unspecified atom stereocenters. The molecule has 0 amide bonds. The van der Waals surface area contributed by atoms with Crippen molar-refractivity contribution in [2.24, 2.45) is 0 Å². The van der Waals surface area contributed by atoms with Crippen LogP contribution in [-0.2, 0) is 0 Å². The van der Waals surface area contributed by atoms with Crippen LogP contribution in [0.1, 0.15) is 6.42 Å². The van der Waals surface area contributed by atoms with E-state index in [-0.39, 0.29) is 0 Å². The van der Waals surface area contributed by atoms with Crippen molar-refractivity contribution in [1.29, 1.82) is 0 Å². The molecular formula is C6H6S2Se2. The van der Waals surface area contributed by atoms with Crippen LogP contribution in [-0.4, -0.2) is 55.6 Å². The number of hydrogen-bond acceptors (Lipinski definition) is 2. The number of thioether (sulfide) groups is 2. The summed E-state index contributed by atoms with van der Waals surface area (Å²) in [5.41, 5.74) is 0. The van der Waals surface area contributed by atoms with E-state index in [0.29, 0.717) is 0 Å². The van der Waals surface area contributed by atoms with E-state index in [1.54, 1.807) is 8.83 Å². The summed E-state index contributed by atoms with van der Waals surface area (Å²) in [7, 11) is 0. The van der Waals surface area contributed by atoms with Crippen LogP contribution in [0.5, 0.6) is 0 Å². The van der Waals surface area contributed by atoms with Crippen LogP contribution >= 0.6 is 23.5 Å². The Bertz CT molecular complexity index is 182. The number of fused-ring (bicyclic) bond motifs is 1. The SMILES string of the molecule is [Se]=C1CC(=[Se])C2SCSC12. The summed E-state index contributed by atoms with van der Waals surface area (Å²) in [4.78, 5) is 0. The predicted molar refractivity (Wildman–Crippen MR) is 53.8 cm³/mol. The molecule has 54 valence electrons. The molecule has 0 bridgehead atoms. The molecule has 10 heavy (non-hydrogen) atoms. The first-order chi connectivity index (χ1) is 4.79. The van der Waals surface area contributed by atoms with E-state index in [1.165, 1.54) is 11.5 Å². The van der Waals surface area contributed by atoms with Crippen LogP contribution in [0.4, 0.5) is 0 Å². The summed E-state index contributed by atoms with van der Waals surface area (Å²) >= 11 is 10.5. The van der Waals surface area contributed by atoms with Gasteiger partial charge in [-0.25, -0.2) is 0 Å². The van der Waals surface area contributed by atoms with Gasteiger partial charge in [0, 0.05) is 0 Å². The minimum atomic E-state index is 0.793.